The van der Waals surface area contributed by atoms with Gasteiger partial charge in [0.05, 0.1) is 11.8 Å². The quantitative estimate of drug-likeness (QED) is 0.781. The highest BCUT2D eigenvalue weighted by atomic mass is 16.4. The predicted molar refractivity (Wildman–Crippen MR) is 74.3 cm³/mol. The second-order valence-electron chi connectivity index (χ2n) is 6.53. The van der Waals surface area contributed by atoms with Crippen molar-refractivity contribution < 1.29 is 19.5 Å². The van der Waals surface area contributed by atoms with E-state index in [1.807, 2.05) is 4.90 Å². The van der Waals surface area contributed by atoms with Crippen LogP contribution in [0.1, 0.15) is 38.5 Å². The zero-order valence-electron chi connectivity index (χ0n) is 12.1. The number of likely N-dealkylation sites (tertiary alicyclic amines) is 1. The second-order valence-corrected chi connectivity index (χ2v) is 6.53. The van der Waals surface area contributed by atoms with Crippen molar-refractivity contribution in [2.24, 2.45) is 17.8 Å². The highest BCUT2D eigenvalue weighted by Crippen LogP contribution is 2.35. The standard InChI is InChI=1S/C15H22N2O4/c18-13-5-4-9-8-17(7-6-12(9)16-13)14(19)10-2-1-3-11(10)15(20)21/h9-12H,1-8H2,(H,16,18)(H,20,21). The summed E-state index contributed by atoms with van der Waals surface area (Å²) in [5.74, 6) is -1.26. The summed E-state index contributed by atoms with van der Waals surface area (Å²) in [5, 5.41) is 12.2. The number of carboxylic acids is 1. The van der Waals surface area contributed by atoms with Gasteiger partial charge in [-0.1, -0.05) is 6.42 Å². The van der Waals surface area contributed by atoms with Crippen molar-refractivity contribution in [2.75, 3.05) is 13.1 Å². The third-order valence-electron chi connectivity index (χ3n) is 5.28. The third kappa shape index (κ3) is 2.76. The van der Waals surface area contributed by atoms with Crippen LogP contribution in [-0.2, 0) is 14.4 Å². The Balaban J connectivity index is 1.64. The van der Waals surface area contributed by atoms with E-state index in [9.17, 15) is 19.5 Å². The van der Waals surface area contributed by atoms with Gasteiger partial charge in [-0.3, -0.25) is 14.4 Å². The van der Waals surface area contributed by atoms with Crippen molar-refractivity contribution in [1.82, 2.24) is 10.2 Å². The maximum atomic E-state index is 12.6. The zero-order chi connectivity index (χ0) is 15.0. The van der Waals surface area contributed by atoms with E-state index in [4.69, 9.17) is 0 Å². The smallest absolute Gasteiger partial charge is 0.307 e. The van der Waals surface area contributed by atoms with Crippen LogP contribution in [0.3, 0.4) is 0 Å². The average Bonchev–Trinajstić information content (AvgIpc) is 2.95. The lowest BCUT2D eigenvalue weighted by Gasteiger charge is -2.42. The molecule has 2 amide bonds. The molecule has 3 rings (SSSR count). The van der Waals surface area contributed by atoms with E-state index in [1.54, 1.807) is 0 Å². The Morgan fingerprint density at radius 2 is 1.90 bits per heavy atom. The van der Waals surface area contributed by atoms with Crippen LogP contribution in [0.5, 0.6) is 0 Å². The number of fused-ring (bicyclic) bond motifs is 1. The molecule has 1 aliphatic carbocycles. The molecule has 6 heteroatoms. The number of hydrogen-bond donors (Lipinski definition) is 2. The largest absolute Gasteiger partial charge is 0.481 e. The van der Waals surface area contributed by atoms with Crippen LogP contribution in [0.2, 0.25) is 0 Å². The Labute approximate surface area is 123 Å². The van der Waals surface area contributed by atoms with Crippen molar-refractivity contribution in [2.45, 2.75) is 44.6 Å². The highest BCUT2D eigenvalue weighted by molar-refractivity contribution is 5.85. The van der Waals surface area contributed by atoms with Gasteiger partial charge in [-0.15, -0.1) is 0 Å². The minimum absolute atomic E-state index is 0.00949. The molecule has 6 nitrogen and oxygen atoms in total. The maximum Gasteiger partial charge on any atom is 0.307 e. The summed E-state index contributed by atoms with van der Waals surface area (Å²) in [6.07, 6.45) is 4.27. The summed E-state index contributed by atoms with van der Waals surface area (Å²) in [5.41, 5.74) is 0. The van der Waals surface area contributed by atoms with Crippen LogP contribution in [0.25, 0.3) is 0 Å². The molecule has 2 saturated heterocycles. The number of carbonyl (C=O) groups excluding carboxylic acids is 2. The van der Waals surface area contributed by atoms with Gasteiger partial charge in [0.2, 0.25) is 11.8 Å². The molecule has 0 radical (unpaired) electrons. The number of amides is 2. The number of carboxylic acid groups (broad SMARTS) is 1. The van der Waals surface area contributed by atoms with Crippen LogP contribution in [0, 0.1) is 17.8 Å². The summed E-state index contributed by atoms with van der Waals surface area (Å²) in [6.45, 7) is 1.29. The summed E-state index contributed by atoms with van der Waals surface area (Å²) in [4.78, 5) is 37.1. The van der Waals surface area contributed by atoms with Crippen LogP contribution in [-0.4, -0.2) is 46.9 Å². The Morgan fingerprint density at radius 1 is 1.14 bits per heavy atom. The fourth-order valence-corrected chi connectivity index (χ4v) is 4.10. The van der Waals surface area contributed by atoms with Crippen LogP contribution in [0.15, 0.2) is 0 Å². The minimum Gasteiger partial charge on any atom is -0.481 e. The first-order valence-electron chi connectivity index (χ1n) is 7.87. The van der Waals surface area contributed by atoms with Gasteiger partial charge in [0.1, 0.15) is 0 Å². The lowest BCUT2D eigenvalue weighted by atomic mass is 9.84. The maximum absolute atomic E-state index is 12.6. The normalized spacial score (nSPS) is 36.0. The molecule has 1 saturated carbocycles. The van der Waals surface area contributed by atoms with E-state index >= 15 is 0 Å². The molecule has 2 heterocycles. The lowest BCUT2D eigenvalue weighted by Crippen LogP contribution is -2.56. The third-order valence-corrected chi connectivity index (χ3v) is 5.28. The van der Waals surface area contributed by atoms with E-state index in [0.29, 0.717) is 38.3 Å². The van der Waals surface area contributed by atoms with Crippen molar-refractivity contribution in [1.29, 1.82) is 0 Å². The van der Waals surface area contributed by atoms with Crippen molar-refractivity contribution in [3.05, 3.63) is 0 Å². The molecule has 0 aromatic rings. The zero-order valence-corrected chi connectivity index (χ0v) is 12.1. The summed E-state index contributed by atoms with van der Waals surface area (Å²) >= 11 is 0. The molecule has 21 heavy (non-hydrogen) atoms. The summed E-state index contributed by atoms with van der Waals surface area (Å²) in [6, 6.07) is 0.189. The van der Waals surface area contributed by atoms with Gasteiger partial charge in [0.25, 0.3) is 0 Å². The number of nitrogens with zero attached hydrogens (tertiary/aromatic N) is 1. The number of piperidine rings is 2. The first-order chi connectivity index (χ1) is 10.1. The predicted octanol–water partition coefficient (Wildman–Crippen LogP) is 0.614. The van der Waals surface area contributed by atoms with Gasteiger partial charge in [-0.2, -0.15) is 0 Å². The van der Waals surface area contributed by atoms with Crippen LogP contribution < -0.4 is 5.32 Å². The molecule has 0 aromatic carbocycles. The minimum atomic E-state index is -0.842. The molecule has 2 N–H and O–H groups in total. The molecule has 3 aliphatic rings. The molecule has 4 unspecified atom stereocenters. The number of aliphatic carboxylic acids is 1. The van der Waals surface area contributed by atoms with E-state index in [0.717, 1.165) is 19.3 Å². The molecule has 3 fully saturated rings. The van der Waals surface area contributed by atoms with Gasteiger partial charge in [0, 0.05) is 25.6 Å². The molecule has 4 atom stereocenters. The monoisotopic (exact) mass is 294 g/mol. The lowest BCUT2D eigenvalue weighted by molar-refractivity contribution is -0.150. The molecule has 0 bridgehead atoms. The number of carbonyl (C=O) groups is 3. The van der Waals surface area contributed by atoms with Gasteiger partial charge < -0.3 is 15.3 Å². The Hall–Kier alpha value is -1.59. The highest BCUT2D eigenvalue weighted by Gasteiger charge is 2.42. The number of rotatable bonds is 2. The van der Waals surface area contributed by atoms with Crippen molar-refractivity contribution in [3.63, 3.8) is 0 Å². The fraction of sp³-hybridized carbons (Fsp3) is 0.800. The van der Waals surface area contributed by atoms with E-state index in [-0.39, 0.29) is 23.8 Å². The van der Waals surface area contributed by atoms with Gasteiger partial charge in [-0.25, -0.2) is 0 Å². The Morgan fingerprint density at radius 3 is 2.67 bits per heavy atom. The average molecular weight is 294 g/mol. The summed E-state index contributed by atoms with van der Waals surface area (Å²) < 4.78 is 0. The second kappa shape index (κ2) is 5.66. The molecular weight excluding hydrogens is 272 g/mol. The Kier molecular flexibility index (Phi) is 3.87. The van der Waals surface area contributed by atoms with Crippen LogP contribution in [0.4, 0.5) is 0 Å². The van der Waals surface area contributed by atoms with E-state index < -0.39 is 11.9 Å². The first-order valence-corrected chi connectivity index (χ1v) is 7.87. The van der Waals surface area contributed by atoms with Crippen LogP contribution >= 0.6 is 0 Å². The number of nitrogens with one attached hydrogen (secondary N) is 1. The first kappa shape index (κ1) is 14.4. The van der Waals surface area contributed by atoms with Gasteiger partial charge >= 0.3 is 5.97 Å². The van der Waals surface area contributed by atoms with Crippen molar-refractivity contribution >= 4 is 17.8 Å². The SMILES string of the molecule is O=C1CCC2CN(C(=O)C3CCCC3C(=O)O)CCC2N1. The summed E-state index contributed by atoms with van der Waals surface area (Å²) in [7, 11) is 0. The van der Waals surface area contributed by atoms with E-state index in [1.165, 1.54) is 0 Å². The Bertz CT molecular complexity index is 465. The fourth-order valence-electron chi connectivity index (χ4n) is 4.10. The molecule has 0 spiro atoms. The topological polar surface area (TPSA) is 86.7 Å². The molecule has 2 aliphatic heterocycles. The molecule has 116 valence electrons. The van der Waals surface area contributed by atoms with Gasteiger partial charge in [0.15, 0.2) is 0 Å². The van der Waals surface area contributed by atoms with Gasteiger partial charge in [-0.05, 0) is 31.6 Å². The molecular formula is C15H22N2O4. The number of hydrogen-bond acceptors (Lipinski definition) is 3. The van der Waals surface area contributed by atoms with Crippen molar-refractivity contribution in [3.8, 4) is 0 Å². The molecule has 0 aromatic heterocycles. The van der Waals surface area contributed by atoms with E-state index in [2.05, 4.69) is 5.32 Å².